The summed E-state index contributed by atoms with van der Waals surface area (Å²) >= 11 is 0. The van der Waals surface area contributed by atoms with Crippen molar-refractivity contribution in [3.05, 3.63) is 18.2 Å². The summed E-state index contributed by atoms with van der Waals surface area (Å²) < 4.78 is 36.5. The van der Waals surface area contributed by atoms with E-state index in [0.717, 1.165) is 4.31 Å². The molecule has 116 valence electrons. The number of aliphatic carboxylic acids is 1. The number of carboxylic acids is 1. The van der Waals surface area contributed by atoms with Crippen LogP contribution in [0.15, 0.2) is 23.1 Å². The van der Waals surface area contributed by atoms with Gasteiger partial charge in [-0.15, -0.1) is 0 Å². The van der Waals surface area contributed by atoms with Gasteiger partial charge in [-0.25, -0.2) is 8.42 Å². The zero-order valence-corrected chi connectivity index (χ0v) is 12.6. The van der Waals surface area contributed by atoms with Crippen LogP contribution in [-0.2, 0) is 14.8 Å². The van der Waals surface area contributed by atoms with Crippen molar-refractivity contribution in [1.82, 2.24) is 4.31 Å². The van der Waals surface area contributed by atoms with Gasteiger partial charge in [-0.05, 0) is 25.0 Å². The summed E-state index contributed by atoms with van der Waals surface area (Å²) in [6, 6.07) is 3.30. The summed E-state index contributed by atoms with van der Waals surface area (Å²) in [5.41, 5.74) is 0. The van der Waals surface area contributed by atoms with Gasteiger partial charge < -0.3 is 14.6 Å². The Morgan fingerprint density at radius 1 is 1.33 bits per heavy atom. The van der Waals surface area contributed by atoms with Gasteiger partial charge in [0.15, 0.2) is 0 Å². The van der Waals surface area contributed by atoms with Gasteiger partial charge in [-0.1, -0.05) is 0 Å². The molecule has 1 saturated heterocycles. The molecule has 0 spiro atoms. The highest BCUT2D eigenvalue weighted by atomic mass is 32.2. The Kier molecular flexibility index (Phi) is 4.38. The second-order valence-electron chi connectivity index (χ2n) is 4.63. The molecule has 8 heteroatoms. The van der Waals surface area contributed by atoms with Crippen molar-refractivity contribution in [2.24, 2.45) is 0 Å². The lowest BCUT2D eigenvalue weighted by atomic mass is 10.2. The molecule has 1 atom stereocenters. The Balaban J connectivity index is 2.46. The van der Waals surface area contributed by atoms with E-state index >= 15 is 0 Å². The first-order chi connectivity index (χ1) is 9.91. The Hall–Kier alpha value is -1.80. The first-order valence-electron chi connectivity index (χ1n) is 6.38. The molecular weight excluding hydrogens is 298 g/mol. The molecule has 1 aromatic carbocycles. The van der Waals surface area contributed by atoms with E-state index in [1.807, 2.05) is 0 Å². The zero-order valence-electron chi connectivity index (χ0n) is 11.8. The first-order valence-corrected chi connectivity index (χ1v) is 7.82. The number of hydrogen-bond acceptors (Lipinski definition) is 5. The molecule has 0 aromatic heterocycles. The monoisotopic (exact) mass is 315 g/mol. The van der Waals surface area contributed by atoms with Crippen LogP contribution in [0.4, 0.5) is 0 Å². The van der Waals surface area contributed by atoms with Gasteiger partial charge in [0.05, 0.1) is 14.2 Å². The van der Waals surface area contributed by atoms with Crippen LogP contribution in [0.1, 0.15) is 12.8 Å². The van der Waals surface area contributed by atoms with Crippen LogP contribution in [-0.4, -0.2) is 50.6 Å². The molecule has 0 radical (unpaired) electrons. The average Bonchev–Trinajstić information content (AvgIpc) is 2.96. The number of rotatable bonds is 5. The maximum Gasteiger partial charge on any atom is 0.322 e. The first kappa shape index (κ1) is 15.6. The summed E-state index contributed by atoms with van der Waals surface area (Å²) in [4.78, 5) is 11.1. The van der Waals surface area contributed by atoms with Gasteiger partial charge in [0, 0.05) is 12.6 Å². The van der Waals surface area contributed by atoms with E-state index in [1.165, 1.54) is 32.4 Å². The van der Waals surface area contributed by atoms with Gasteiger partial charge in [0.1, 0.15) is 22.4 Å². The fourth-order valence-electron chi connectivity index (χ4n) is 2.39. The topological polar surface area (TPSA) is 93.1 Å². The van der Waals surface area contributed by atoms with E-state index in [-0.39, 0.29) is 17.2 Å². The molecule has 0 saturated carbocycles. The summed E-state index contributed by atoms with van der Waals surface area (Å²) in [6.45, 7) is 0.189. The number of benzene rings is 1. The lowest BCUT2D eigenvalue weighted by Gasteiger charge is -2.22. The number of hydrogen-bond donors (Lipinski definition) is 1. The molecular formula is C13H17NO6S. The number of carboxylic acid groups (broad SMARTS) is 1. The SMILES string of the molecule is COc1ccc(S(=O)(=O)N2CCC[C@H]2C(=O)O)c(OC)c1. The highest BCUT2D eigenvalue weighted by molar-refractivity contribution is 7.89. The summed E-state index contributed by atoms with van der Waals surface area (Å²) in [5, 5.41) is 9.15. The Morgan fingerprint density at radius 2 is 2.05 bits per heavy atom. The van der Waals surface area contributed by atoms with E-state index in [2.05, 4.69) is 0 Å². The number of carbonyl (C=O) groups is 1. The van der Waals surface area contributed by atoms with E-state index < -0.39 is 22.0 Å². The molecule has 2 rings (SSSR count). The molecule has 0 amide bonds. The largest absolute Gasteiger partial charge is 0.497 e. The molecule has 1 aliphatic rings. The predicted molar refractivity (Wildman–Crippen MR) is 74.1 cm³/mol. The number of methoxy groups -OCH3 is 2. The van der Waals surface area contributed by atoms with Gasteiger partial charge >= 0.3 is 5.97 Å². The number of sulfonamides is 1. The third-order valence-corrected chi connectivity index (χ3v) is 5.39. The summed E-state index contributed by atoms with van der Waals surface area (Å²) in [6.07, 6.45) is 0.835. The van der Waals surface area contributed by atoms with Gasteiger partial charge in [-0.2, -0.15) is 4.31 Å². The number of ether oxygens (including phenoxy) is 2. The van der Waals surface area contributed by atoms with Crippen molar-refractivity contribution >= 4 is 16.0 Å². The second-order valence-corrected chi connectivity index (χ2v) is 6.49. The standard InChI is InChI=1S/C13H17NO6S/c1-19-9-5-6-12(11(8-9)20-2)21(17,18)14-7-3-4-10(14)13(15)16/h5-6,8,10H,3-4,7H2,1-2H3,(H,15,16)/t10-/m0/s1. The minimum Gasteiger partial charge on any atom is -0.497 e. The average molecular weight is 315 g/mol. The highest BCUT2D eigenvalue weighted by Crippen LogP contribution is 2.33. The molecule has 0 unspecified atom stereocenters. The smallest absolute Gasteiger partial charge is 0.322 e. The van der Waals surface area contributed by atoms with Crippen molar-refractivity contribution in [3.8, 4) is 11.5 Å². The van der Waals surface area contributed by atoms with Crippen LogP contribution in [0, 0.1) is 0 Å². The van der Waals surface area contributed by atoms with E-state index in [0.29, 0.717) is 18.6 Å². The molecule has 1 aromatic rings. The Bertz CT molecular complexity index is 642. The van der Waals surface area contributed by atoms with Crippen LogP contribution in [0.5, 0.6) is 11.5 Å². The zero-order chi connectivity index (χ0) is 15.6. The second kappa shape index (κ2) is 5.90. The van der Waals surface area contributed by atoms with Gasteiger partial charge in [0.2, 0.25) is 10.0 Å². The van der Waals surface area contributed by atoms with Crippen LogP contribution >= 0.6 is 0 Å². The van der Waals surface area contributed by atoms with Crippen LogP contribution in [0.25, 0.3) is 0 Å². The third kappa shape index (κ3) is 2.81. The molecule has 21 heavy (non-hydrogen) atoms. The molecule has 0 bridgehead atoms. The van der Waals surface area contributed by atoms with E-state index in [4.69, 9.17) is 14.6 Å². The lowest BCUT2D eigenvalue weighted by Crippen LogP contribution is -2.40. The van der Waals surface area contributed by atoms with Crippen LogP contribution < -0.4 is 9.47 Å². The normalized spacial score (nSPS) is 19.4. The van der Waals surface area contributed by atoms with Crippen molar-refractivity contribution in [1.29, 1.82) is 0 Å². The van der Waals surface area contributed by atoms with E-state index in [1.54, 1.807) is 0 Å². The van der Waals surface area contributed by atoms with Crippen molar-refractivity contribution < 1.29 is 27.8 Å². The van der Waals surface area contributed by atoms with Gasteiger partial charge in [0.25, 0.3) is 0 Å². The van der Waals surface area contributed by atoms with Crippen LogP contribution in [0.2, 0.25) is 0 Å². The summed E-state index contributed by atoms with van der Waals surface area (Å²) in [5.74, 6) is -0.545. The lowest BCUT2D eigenvalue weighted by molar-refractivity contribution is -0.140. The quantitative estimate of drug-likeness (QED) is 0.869. The fraction of sp³-hybridized carbons (Fsp3) is 0.462. The summed E-state index contributed by atoms with van der Waals surface area (Å²) in [7, 11) is -1.11. The highest BCUT2D eigenvalue weighted by Gasteiger charge is 2.40. The maximum absolute atomic E-state index is 12.7. The van der Waals surface area contributed by atoms with Crippen LogP contribution in [0.3, 0.4) is 0 Å². The predicted octanol–water partition coefficient (Wildman–Crippen LogP) is 0.941. The Morgan fingerprint density at radius 3 is 2.62 bits per heavy atom. The molecule has 1 heterocycles. The van der Waals surface area contributed by atoms with Crippen molar-refractivity contribution in [2.45, 2.75) is 23.8 Å². The third-order valence-electron chi connectivity index (χ3n) is 3.45. The van der Waals surface area contributed by atoms with Crippen molar-refractivity contribution in [3.63, 3.8) is 0 Å². The number of nitrogens with zero attached hydrogens (tertiary/aromatic N) is 1. The molecule has 1 aliphatic heterocycles. The molecule has 1 fully saturated rings. The minimum absolute atomic E-state index is 0.0565. The fourth-order valence-corrected chi connectivity index (χ4v) is 4.18. The molecule has 7 nitrogen and oxygen atoms in total. The Labute approximate surface area is 123 Å². The molecule has 1 N–H and O–H groups in total. The van der Waals surface area contributed by atoms with E-state index in [9.17, 15) is 13.2 Å². The van der Waals surface area contributed by atoms with Gasteiger partial charge in [-0.3, -0.25) is 4.79 Å². The minimum atomic E-state index is -3.93. The van der Waals surface area contributed by atoms with Crippen molar-refractivity contribution in [2.75, 3.05) is 20.8 Å². The molecule has 0 aliphatic carbocycles. The maximum atomic E-state index is 12.7.